The third-order valence-corrected chi connectivity index (χ3v) is 5.90. The maximum absolute atomic E-state index is 12.3. The smallest absolute Gasteiger partial charge is 0.340 e. The molecule has 132 valence electrons. The van der Waals surface area contributed by atoms with Gasteiger partial charge in [0.05, 0.1) is 12.7 Å². The van der Waals surface area contributed by atoms with Crippen molar-refractivity contribution in [3.8, 4) is 0 Å². The van der Waals surface area contributed by atoms with Crippen LogP contribution in [0.3, 0.4) is 0 Å². The van der Waals surface area contributed by atoms with Crippen molar-refractivity contribution in [3.05, 3.63) is 38.9 Å². The lowest BCUT2D eigenvalue weighted by atomic mass is 10.1. The lowest BCUT2D eigenvalue weighted by Crippen LogP contribution is -2.35. The molecule has 0 atom stereocenters. The Balaban J connectivity index is 1.50. The zero-order chi connectivity index (χ0) is 17.8. The monoisotopic (exact) mass is 378 g/mol. The maximum Gasteiger partial charge on any atom is 0.340 e. The molecule has 25 heavy (non-hydrogen) atoms. The molecule has 0 aromatic carbocycles. The van der Waals surface area contributed by atoms with E-state index in [1.807, 2.05) is 5.38 Å². The molecule has 6 nitrogen and oxygen atoms in total. The number of ether oxygens (including phenoxy) is 1. The van der Waals surface area contributed by atoms with Gasteiger partial charge in [-0.25, -0.2) is 4.79 Å². The third-order valence-electron chi connectivity index (χ3n) is 4.05. The van der Waals surface area contributed by atoms with Crippen molar-refractivity contribution < 1.29 is 19.1 Å². The van der Waals surface area contributed by atoms with E-state index in [4.69, 9.17) is 0 Å². The average Bonchev–Trinajstić information content (AvgIpc) is 3.27. The largest absolute Gasteiger partial charge is 0.465 e. The number of nitrogens with zero attached hydrogens (tertiary/aromatic N) is 1. The van der Waals surface area contributed by atoms with Crippen LogP contribution in [0.1, 0.15) is 33.6 Å². The number of anilines is 1. The lowest BCUT2D eigenvalue weighted by Gasteiger charge is -2.27. The Labute approximate surface area is 153 Å². The van der Waals surface area contributed by atoms with Gasteiger partial charge in [0.15, 0.2) is 0 Å². The van der Waals surface area contributed by atoms with E-state index in [2.05, 4.69) is 16.1 Å². The fraction of sp³-hybridized carbons (Fsp3) is 0.353. The van der Waals surface area contributed by atoms with Gasteiger partial charge < -0.3 is 15.0 Å². The topological polar surface area (TPSA) is 75.7 Å². The summed E-state index contributed by atoms with van der Waals surface area (Å²) in [4.78, 5) is 39.2. The molecule has 2 amide bonds. The predicted octanol–water partition coefficient (Wildman–Crippen LogP) is 2.90. The number of fused-ring (bicyclic) bond motifs is 1. The van der Waals surface area contributed by atoms with E-state index in [9.17, 15) is 14.4 Å². The van der Waals surface area contributed by atoms with Crippen LogP contribution in [0, 0.1) is 0 Å². The first-order valence-electron chi connectivity index (χ1n) is 7.87. The molecule has 8 heteroatoms. The molecule has 1 aliphatic rings. The van der Waals surface area contributed by atoms with E-state index in [-0.39, 0.29) is 24.7 Å². The number of hydrogen-bond donors (Lipinski definition) is 1. The number of hydrogen-bond acceptors (Lipinski definition) is 6. The summed E-state index contributed by atoms with van der Waals surface area (Å²) >= 11 is 2.98. The minimum absolute atomic E-state index is 0.0219. The van der Waals surface area contributed by atoms with Crippen molar-refractivity contribution in [2.24, 2.45) is 0 Å². The molecule has 0 unspecified atom stereocenters. The number of esters is 1. The Morgan fingerprint density at radius 2 is 2.00 bits per heavy atom. The molecule has 1 aliphatic heterocycles. The zero-order valence-electron chi connectivity index (χ0n) is 13.7. The number of carbonyl (C=O) groups excluding carboxylic acids is 3. The summed E-state index contributed by atoms with van der Waals surface area (Å²) in [6, 6.07) is 3.65. The van der Waals surface area contributed by atoms with Gasteiger partial charge in [0.1, 0.15) is 5.00 Å². The van der Waals surface area contributed by atoms with Gasteiger partial charge in [0, 0.05) is 30.8 Å². The summed E-state index contributed by atoms with van der Waals surface area (Å²) in [5.74, 6) is -0.798. The highest BCUT2D eigenvalue weighted by Crippen LogP contribution is 2.25. The normalized spacial score (nSPS) is 13.2. The Bertz CT molecular complexity index is 796. The lowest BCUT2D eigenvalue weighted by molar-refractivity contribution is -0.133. The number of thiophene rings is 2. The standard InChI is InChI=1S/C17H18N2O4S2/c1-23-17(22)12-6-9-25-16(12)18-14(20)2-3-15(21)19-7-4-13-11(10-19)5-8-24-13/h5-6,8-9H,2-4,7,10H2,1H3,(H,18,20). The minimum atomic E-state index is -0.493. The number of carbonyl (C=O) groups is 3. The molecule has 0 fully saturated rings. The fourth-order valence-corrected chi connectivity index (χ4v) is 4.39. The van der Waals surface area contributed by atoms with Gasteiger partial charge in [0.2, 0.25) is 11.8 Å². The van der Waals surface area contributed by atoms with E-state index in [1.54, 1.807) is 27.7 Å². The molecule has 2 aromatic heterocycles. The van der Waals surface area contributed by atoms with Crippen LogP contribution >= 0.6 is 22.7 Å². The molecule has 0 bridgehead atoms. The molecular formula is C17H18N2O4S2. The molecule has 3 heterocycles. The van der Waals surface area contributed by atoms with Gasteiger partial charge in [0.25, 0.3) is 0 Å². The number of rotatable bonds is 5. The van der Waals surface area contributed by atoms with Crippen LogP contribution in [0.2, 0.25) is 0 Å². The fourth-order valence-electron chi connectivity index (χ4n) is 2.71. The van der Waals surface area contributed by atoms with Crippen LogP contribution in [0.4, 0.5) is 5.00 Å². The summed E-state index contributed by atoms with van der Waals surface area (Å²) in [5.41, 5.74) is 1.53. The van der Waals surface area contributed by atoms with Crippen molar-refractivity contribution in [1.82, 2.24) is 4.90 Å². The Morgan fingerprint density at radius 1 is 1.20 bits per heavy atom. The van der Waals surface area contributed by atoms with Crippen molar-refractivity contribution in [1.29, 1.82) is 0 Å². The molecule has 0 saturated heterocycles. The van der Waals surface area contributed by atoms with Crippen LogP contribution in [-0.4, -0.2) is 36.3 Å². The zero-order valence-corrected chi connectivity index (χ0v) is 15.4. The number of methoxy groups -OCH3 is 1. The SMILES string of the molecule is COC(=O)c1ccsc1NC(=O)CCC(=O)N1CCc2sccc2C1. The van der Waals surface area contributed by atoms with Gasteiger partial charge in [-0.05, 0) is 34.9 Å². The molecule has 0 spiro atoms. The minimum Gasteiger partial charge on any atom is -0.465 e. The Hall–Kier alpha value is -2.19. The quantitative estimate of drug-likeness (QED) is 0.812. The highest BCUT2D eigenvalue weighted by molar-refractivity contribution is 7.14. The second kappa shape index (κ2) is 7.79. The second-order valence-corrected chi connectivity index (χ2v) is 7.55. The van der Waals surface area contributed by atoms with Gasteiger partial charge in [-0.1, -0.05) is 0 Å². The average molecular weight is 378 g/mol. The van der Waals surface area contributed by atoms with E-state index in [1.165, 1.54) is 28.9 Å². The summed E-state index contributed by atoms with van der Waals surface area (Å²) < 4.78 is 4.67. The van der Waals surface area contributed by atoms with Crippen molar-refractivity contribution in [2.75, 3.05) is 19.0 Å². The van der Waals surface area contributed by atoms with Gasteiger partial charge in [-0.15, -0.1) is 22.7 Å². The number of amides is 2. The van der Waals surface area contributed by atoms with Crippen molar-refractivity contribution >= 4 is 45.5 Å². The van der Waals surface area contributed by atoms with E-state index < -0.39 is 5.97 Å². The summed E-state index contributed by atoms with van der Waals surface area (Å²) in [7, 11) is 1.29. The van der Waals surface area contributed by atoms with Crippen LogP contribution < -0.4 is 5.32 Å². The van der Waals surface area contributed by atoms with Crippen LogP contribution in [0.25, 0.3) is 0 Å². The maximum atomic E-state index is 12.3. The summed E-state index contributed by atoms with van der Waals surface area (Å²) in [6.07, 6.45) is 1.12. The first-order valence-corrected chi connectivity index (χ1v) is 9.63. The number of nitrogens with one attached hydrogen (secondary N) is 1. The predicted molar refractivity (Wildman–Crippen MR) is 97.0 cm³/mol. The Kier molecular flexibility index (Phi) is 5.50. The van der Waals surface area contributed by atoms with E-state index in [0.29, 0.717) is 23.7 Å². The highest BCUT2D eigenvalue weighted by atomic mass is 32.1. The first kappa shape index (κ1) is 17.6. The van der Waals surface area contributed by atoms with Crippen molar-refractivity contribution in [3.63, 3.8) is 0 Å². The van der Waals surface area contributed by atoms with Crippen LogP contribution in [0.15, 0.2) is 22.9 Å². The molecule has 1 N–H and O–H groups in total. The van der Waals surface area contributed by atoms with Crippen molar-refractivity contribution in [2.45, 2.75) is 25.8 Å². The van der Waals surface area contributed by atoms with Crippen LogP contribution in [0.5, 0.6) is 0 Å². The molecule has 0 saturated carbocycles. The molecule has 3 rings (SSSR count). The summed E-state index contributed by atoms with van der Waals surface area (Å²) in [5, 5.41) is 6.89. The second-order valence-electron chi connectivity index (χ2n) is 5.64. The summed E-state index contributed by atoms with van der Waals surface area (Å²) in [6.45, 7) is 1.32. The van der Waals surface area contributed by atoms with Gasteiger partial charge >= 0.3 is 5.97 Å². The third kappa shape index (κ3) is 4.08. The van der Waals surface area contributed by atoms with E-state index in [0.717, 1.165) is 6.42 Å². The van der Waals surface area contributed by atoms with Gasteiger partial charge in [-0.3, -0.25) is 9.59 Å². The first-order chi connectivity index (χ1) is 12.1. The van der Waals surface area contributed by atoms with Gasteiger partial charge in [-0.2, -0.15) is 0 Å². The molecule has 2 aromatic rings. The highest BCUT2D eigenvalue weighted by Gasteiger charge is 2.22. The molecule has 0 radical (unpaired) electrons. The molecule has 0 aliphatic carbocycles. The Morgan fingerprint density at radius 3 is 2.80 bits per heavy atom. The van der Waals surface area contributed by atoms with E-state index >= 15 is 0 Å². The van der Waals surface area contributed by atoms with Crippen LogP contribution in [-0.2, 0) is 27.3 Å². The molecular weight excluding hydrogens is 360 g/mol.